The zero-order chi connectivity index (χ0) is 15.6. The minimum atomic E-state index is -3.44. The van der Waals surface area contributed by atoms with Crippen molar-refractivity contribution in [2.75, 3.05) is 13.1 Å². The third-order valence-electron chi connectivity index (χ3n) is 4.42. The minimum absolute atomic E-state index is 0.281. The van der Waals surface area contributed by atoms with Crippen LogP contribution >= 0.6 is 0 Å². The van der Waals surface area contributed by atoms with E-state index in [1.54, 1.807) is 35.5 Å². The van der Waals surface area contributed by atoms with Crippen LogP contribution in [-0.2, 0) is 10.0 Å². The van der Waals surface area contributed by atoms with Gasteiger partial charge in [0, 0.05) is 13.1 Å². The fourth-order valence-corrected chi connectivity index (χ4v) is 4.39. The van der Waals surface area contributed by atoms with Gasteiger partial charge in [0.25, 0.3) is 0 Å². The highest BCUT2D eigenvalue weighted by molar-refractivity contribution is 7.89. The predicted octanol–water partition coefficient (Wildman–Crippen LogP) is 2.80. The van der Waals surface area contributed by atoms with Gasteiger partial charge in [-0.05, 0) is 49.3 Å². The number of nitrogens with zero attached hydrogens (tertiary/aromatic N) is 1. The van der Waals surface area contributed by atoms with Gasteiger partial charge in [-0.15, -0.1) is 0 Å². The molecule has 21 heavy (non-hydrogen) atoms. The highest BCUT2D eigenvalue weighted by Crippen LogP contribution is 2.28. The molecule has 0 radical (unpaired) electrons. The Kier molecular flexibility index (Phi) is 5.07. The van der Waals surface area contributed by atoms with E-state index in [1.165, 1.54) is 0 Å². The van der Waals surface area contributed by atoms with Crippen LogP contribution in [-0.4, -0.2) is 30.9 Å². The maximum absolute atomic E-state index is 12.7. The zero-order valence-electron chi connectivity index (χ0n) is 13.0. The Balaban J connectivity index is 2.18. The first-order valence-electron chi connectivity index (χ1n) is 7.60. The average molecular weight is 311 g/mol. The van der Waals surface area contributed by atoms with Crippen LogP contribution in [0.15, 0.2) is 29.2 Å². The van der Waals surface area contributed by atoms with Gasteiger partial charge in [0.2, 0.25) is 10.0 Å². The molecule has 0 aliphatic carbocycles. The van der Waals surface area contributed by atoms with Gasteiger partial charge < -0.3 is 5.11 Å². The Labute approximate surface area is 127 Å². The van der Waals surface area contributed by atoms with Crippen molar-refractivity contribution < 1.29 is 13.5 Å². The number of rotatable bonds is 4. The van der Waals surface area contributed by atoms with E-state index in [0.29, 0.717) is 30.5 Å². The normalized spacial score (nSPS) is 19.9. The summed E-state index contributed by atoms with van der Waals surface area (Å²) in [5.41, 5.74) is 0.633. The summed E-state index contributed by atoms with van der Waals surface area (Å²) in [5, 5.41) is 9.61. The molecule has 1 fully saturated rings. The van der Waals surface area contributed by atoms with Gasteiger partial charge in [-0.1, -0.05) is 26.0 Å². The van der Waals surface area contributed by atoms with E-state index in [-0.39, 0.29) is 4.90 Å². The largest absolute Gasteiger partial charge is 0.389 e. The zero-order valence-corrected chi connectivity index (χ0v) is 13.8. The molecule has 1 atom stereocenters. The number of piperidine rings is 1. The number of hydrogen-bond acceptors (Lipinski definition) is 3. The molecule has 4 nitrogen and oxygen atoms in total. The topological polar surface area (TPSA) is 57.6 Å². The molecule has 1 aromatic rings. The molecule has 118 valence electrons. The van der Waals surface area contributed by atoms with Crippen molar-refractivity contribution in [2.24, 2.45) is 11.8 Å². The van der Waals surface area contributed by atoms with Crippen LogP contribution in [0.2, 0.25) is 0 Å². The first kappa shape index (κ1) is 16.5. The molecule has 1 unspecified atom stereocenters. The van der Waals surface area contributed by atoms with Crippen LogP contribution in [0.1, 0.15) is 45.3 Å². The van der Waals surface area contributed by atoms with E-state index >= 15 is 0 Å². The van der Waals surface area contributed by atoms with Crippen LogP contribution in [0.4, 0.5) is 0 Å². The van der Waals surface area contributed by atoms with Crippen molar-refractivity contribution in [3.63, 3.8) is 0 Å². The van der Waals surface area contributed by atoms with E-state index in [2.05, 4.69) is 13.8 Å². The third-order valence-corrected chi connectivity index (χ3v) is 6.31. The summed E-state index contributed by atoms with van der Waals surface area (Å²) in [5.74, 6) is 1.22. The van der Waals surface area contributed by atoms with Gasteiger partial charge >= 0.3 is 0 Å². The summed E-state index contributed by atoms with van der Waals surface area (Å²) in [6.07, 6.45) is 1.19. The van der Waals surface area contributed by atoms with Gasteiger partial charge in [-0.3, -0.25) is 0 Å². The van der Waals surface area contributed by atoms with Crippen LogP contribution in [0.5, 0.6) is 0 Å². The van der Waals surface area contributed by atoms with Gasteiger partial charge in [-0.25, -0.2) is 8.42 Å². The average Bonchev–Trinajstić information content (AvgIpc) is 2.47. The molecule has 1 N–H and O–H groups in total. The second kappa shape index (κ2) is 6.46. The van der Waals surface area contributed by atoms with E-state index < -0.39 is 16.1 Å². The van der Waals surface area contributed by atoms with Crippen molar-refractivity contribution in [3.05, 3.63) is 29.8 Å². The lowest BCUT2D eigenvalue weighted by molar-refractivity contribution is 0.199. The molecule has 0 amide bonds. The van der Waals surface area contributed by atoms with Gasteiger partial charge in [0.1, 0.15) is 0 Å². The maximum Gasteiger partial charge on any atom is 0.243 e. The molecule has 0 aromatic heterocycles. The molecular weight excluding hydrogens is 286 g/mol. The molecule has 5 heteroatoms. The monoisotopic (exact) mass is 311 g/mol. The van der Waals surface area contributed by atoms with Crippen LogP contribution in [0, 0.1) is 11.8 Å². The Bertz CT molecular complexity index is 573. The molecule has 1 aliphatic rings. The molecule has 2 rings (SSSR count). The molecular formula is C16H25NO3S. The predicted molar refractivity (Wildman–Crippen MR) is 83.4 cm³/mol. The van der Waals surface area contributed by atoms with Crippen molar-refractivity contribution in [1.29, 1.82) is 0 Å². The summed E-state index contributed by atoms with van der Waals surface area (Å²) in [6.45, 7) is 7.20. The lowest BCUT2D eigenvalue weighted by Crippen LogP contribution is -2.39. The molecule has 1 saturated heterocycles. The second-order valence-electron chi connectivity index (χ2n) is 6.23. The van der Waals surface area contributed by atoms with Crippen LogP contribution in [0.25, 0.3) is 0 Å². The van der Waals surface area contributed by atoms with E-state index in [4.69, 9.17) is 0 Å². The highest BCUT2D eigenvalue weighted by atomic mass is 32.2. The third kappa shape index (κ3) is 3.65. The number of hydrogen-bond donors (Lipinski definition) is 1. The Morgan fingerprint density at radius 2 is 1.81 bits per heavy atom. The number of aliphatic hydroxyl groups is 1. The molecule has 1 aromatic carbocycles. The summed E-state index contributed by atoms with van der Waals surface area (Å²) >= 11 is 0. The van der Waals surface area contributed by atoms with Gasteiger partial charge in [-0.2, -0.15) is 4.31 Å². The Hall–Kier alpha value is -0.910. The quantitative estimate of drug-likeness (QED) is 0.930. The number of benzene rings is 1. The van der Waals surface area contributed by atoms with Crippen molar-refractivity contribution >= 4 is 10.0 Å². The van der Waals surface area contributed by atoms with Crippen molar-refractivity contribution in [2.45, 2.75) is 44.6 Å². The molecule has 1 heterocycles. The highest BCUT2D eigenvalue weighted by Gasteiger charge is 2.30. The number of sulfonamides is 1. The fourth-order valence-electron chi connectivity index (χ4n) is 2.87. The molecule has 0 spiro atoms. The van der Waals surface area contributed by atoms with Crippen LogP contribution in [0.3, 0.4) is 0 Å². The standard InChI is InChI=1S/C16H25NO3S/c1-12(2)14-7-9-17(10-8-14)21(19,20)16-6-4-5-15(11-16)13(3)18/h4-6,11-14,18H,7-10H2,1-3H3. The first-order valence-corrected chi connectivity index (χ1v) is 9.04. The Morgan fingerprint density at radius 1 is 1.19 bits per heavy atom. The fraction of sp³-hybridized carbons (Fsp3) is 0.625. The van der Waals surface area contributed by atoms with Gasteiger partial charge in [0.15, 0.2) is 0 Å². The molecule has 0 saturated carbocycles. The second-order valence-corrected chi connectivity index (χ2v) is 8.17. The van der Waals surface area contributed by atoms with E-state index in [0.717, 1.165) is 12.8 Å². The number of aliphatic hydroxyl groups excluding tert-OH is 1. The van der Waals surface area contributed by atoms with Crippen molar-refractivity contribution in [1.82, 2.24) is 4.31 Å². The van der Waals surface area contributed by atoms with E-state index in [1.807, 2.05) is 0 Å². The van der Waals surface area contributed by atoms with E-state index in [9.17, 15) is 13.5 Å². The van der Waals surface area contributed by atoms with Gasteiger partial charge in [0.05, 0.1) is 11.0 Å². The van der Waals surface area contributed by atoms with Crippen LogP contribution < -0.4 is 0 Å². The summed E-state index contributed by atoms with van der Waals surface area (Å²) in [4.78, 5) is 0.281. The molecule has 0 bridgehead atoms. The van der Waals surface area contributed by atoms with Crippen molar-refractivity contribution in [3.8, 4) is 0 Å². The smallest absolute Gasteiger partial charge is 0.243 e. The lowest BCUT2D eigenvalue weighted by Gasteiger charge is -2.33. The SMILES string of the molecule is CC(O)c1cccc(S(=O)(=O)N2CCC(C(C)C)CC2)c1. The minimum Gasteiger partial charge on any atom is -0.389 e. The molecule has 1 aliphatic heterocycles. The first-order chi connectivity index (χ1) is 9.82. The summed E-state index contributed by atoms with van der Waals surface area (Å²) in [7, 11) is -3.44. The lowest BCUT2D eigenvalue weighted by atomic mass is 9.87. The summed E-state index contributed by atoms with van der Waals surface area (Å²) < 4.78 is 26.9. The Morgan fingerprint density at radius 3 is 2.33 bits per heavy atom. The maximum atomic E-state index is 12.7. The summed E-state index contributed by atoms with van der Waals surface area (Å²) in [6, 6.07) is 6.62.